The van der Waals surface area contributed by atoms with Gasteiger partial charge in [-0.25, -0.2) is 4.98 Å². The first kappa shape index (κ1) is 17.7. The lowest BCUT2D eigenvalue weighted by Crippen LogP contribution is -2.00. The van der Waals surface area contributed by atoms with E-state index in [1.54, 1.807) is 32.0 Å². The van der Waals surface area contributed by atoms with Crippen LogP contribution in [0.25, 0.3) is 16.9 Å². The van der Waals surface area contributed by atoms with Gasteiger partial charge in [0.25, 0.3) is 0 Å². The summed E-state index contributed by atoms with van der Waals surface area (Å²) in [6, 6.07) is 17.3. The van der Waals surface area contributed by atoms with Gasteiger partial charge in [0.2, 0.25) is 0 Å². The fraction of sp³-hybridized carbons (Fsp3) is 0.143. The van der Waals surface area contributed by atoms with Crippen LogP contribution in [-0.2, 0) is 0 Å². The first-order valence-electron chi connectivity index (χ1n) is 8.70. The largest absolute Gasteiger partial charge is 0.497 e. The highest BCUT2D eigenvalue weighted by Crippen LogP contribution is 2.32. The fourth-order valence-electron chi connectivity index (χ4n) is 2.96. The molecule has 0 radical (unpaired) electrons. The Labute approximate surface area is 162 Å². The SMILES string of the molecule is COc1cccc(Nc2cnc3ccc(-c4ccc(OC)c(OC)c4)nn23)c1. The molecule has 0 amide bonds. The summed E-state index contributed by atoms with van der Waals surface area (Å²) >= 11 is 0. The highest BCUT2D eigenvalue weighted by molar-refractivity contribution is 5.66. The maximum Gasteiger partial charge on any atom is 0.161 e. The molecular weight excluding hydrogens is 356 g/mol. The summed E-state index contributed by atoms with van der Waals surface area (Å²) in [7, 11) is 4.87. The summed E-state index contributed by atoms with van der Waals surface area (Å²) in [4.78, 5) is 4.42. The van der Waals surface area contributed by atoms with Crippen LogP contribution >= 0.6 is 0 Å². The molecule has 142 valence electrons. The molecule has 0 aliphatic rings. The van der Waals surface area contributed by atoms with Crippen molar-refractivity contribution in [2.75, 3.05) is 26.6 Å². The summed E-state index contributed by atoms with van der Waals surface area (Å²) in [6.45, 7) is 0. The van der Waals surface area contributed by atoms with E-state index in [4.69, 9.17) is 19.3 Å². The van der Waals surface area contributed by atoms with E-state index in [2.05, 4.69) is 10.3 Å². The summed E-state index contributed by atoms with van der Waals surface area (Å²) in [5, 5.41) is 8.07. The summed E-state index contributed by atoms with van der Waals surface area (Å²) in [5.74, 6) is 2.86. The average molecular weight is 376 g/mol. The van der Waals surface area contributed by atoms with Gasteiger partial charge in [-0.1, -0.05) is 6.07 Å². The number of ether oxygens (including phenoxy) is 3. The van der Waals surface area contributed by atoms with E-state index in [0.717, 1.165) is 34.2 Å². The van der Waals surface area contributed by atoms with Gasteiger partial charge in [0.1, 0.15) is 5.75 Å². The van der Waals surface area contributed by atoms with Gasteiger partial charge in [-0.15, -0.1) is 0 Å². The Morgan fingerprint density at radius 1 is 0.857 bits per heavy atom. The molecule has 2 aromatic carbocycles. The van der Waals surface area contributed by atoms with Gasteiger partial charge < -0.3 is 19.5 Å². The second-order valence-electron chi connectivity index (χ2n) is 6.06. The number of benzene rings is 2. The van der Waals surface area contributed by atoms with Crippen molar-refractivity contribution in [1.29, 1.82) is 0 Å². The molecule has 0 aliphatic heterocycles. The molecule has 4 rings (SSSR count). The third-order valence-electron chi connectivity index (χ3n) is 4.38. The number of hydrogen-bond donors (Lipinski definition) is 1. The van der Waals surface area contributed by atoms with Crippen LogP contribution in [0.1, 0.15) is 0 Å². The third kappa shape index (κ3) is 3.29. The molecule has 0 aliphatic carbocycles. The minimum Gasteiger partial charge on any atom is -0.497 e. The van der Waals surface area contributed by atoms with Gasteiger partial charge in [0.15, 0.2) is 23.0 Å². The van der Waals surface area contributed by atoms with Crippen molar-refractivity contribution in [2.24, 2.45) is 0 Å². The predicted molar refractivity (Wildman–Crippen MR) is 108 cm³/mol. The van der Waals surface area contributed by atoms with Crippen molar-refractivity contribution >= 4 is 17.2 Å². The van der Waals surface area contributed by atoms with Crippen molar-refractivity contribution in [3.63, 3.8) is 0 Å². The number of anilines is 2. The molecule has 2 aromatic heterocycles. The molecular formula is C21H20N4O3. The molecule has 4 aromatic rings. The van der Waals surface area contributed by atoms with Crippen LogP contribution < -0.4 is 19.5 Å². The van der Waals surface area contributed by atoms with E-state index in [1.165, 1.54) is 0 Å². The van der Waals surface area contributed by atoms with Gasteiger partial charge in [-0.3, -0.25) is 0 Å². The lowest BCUT2D eigenvalue weighted by Gasteiger charge is -2.10. The standard InChI is InChI=1S/C21H20N4O3/c1-26-16-6-4-5-15(12-16)23-21-13-22-20-10-8-17(24-25(20)21)14-7-9-18(27-2)19(11-14)28-3/h4-13,23H,1-3H3. The number of rotatable bonds is 6. The topological polar surface area (TPSA) is 69.9 Å². The van der Waals surface area contributed by atoms with Gasteiger partial charge in [0, 0.05) is 17.3 Å². The lowest BCUT2D eigenvalue weighted by molar-refractivity contribution is 0.355. The van der Waals surface area contributed by atoms with E-state index in [0.29, 0.717) is 11.5 Å². The molecule has 7 heteroatoms. The molecule has 0 unspecified atom stereocenters. The second-order valence-corrected chi connectivity index (χ2v) is 6.06. The monoisotopic (exact) mass is 376 g/mol. The zero-order valence-corrected chi connectivity index (χ0v) is 15.8. The van der Waals surface area contributed by atoms with E-state index in [1.807, 2.05) is 54.6 Å². The Balaban J connectivity index is 1.72. The first-order chi connectivity index (χ1) is 13.7. The van der Waals surface area contributed by atoms with Crippen LogP contribution in [0.2, 0.25) is 0 Å². The highest BCUT2D eigenvalue weighted by atomic mass is 16.5. The van der Waals surface area contributed by atoms with Crippen LogP contribution in [-0.4, -0.2) is 35.9 Å². The van der Waals surface area contributed by atoms with E-state index >= 15 is 0 Å². The highest BCUT2D eigenvalue weighted by Gasteiger charge is 2.10. The molecule has 1 N–H and O–H groups in total. The van der Waals surface area contributed by atoms with Gasteiger partial charge >= 0.3 is 0 Å². The van der Waals surface area contributed by atoms with Crippen LogP contribution in [0.15, 0.2) is 60.8 Å². The summed E-state index contributed by atoms with van der Waals surface area (Å²) < 4.78 is 17.8. The summed E-state index contributed by atoms with van der Waals surface area (Å²) in [5.41, 5.74) is 3.34. The number of aromatic nitrogens is 3. The molecule has 28 heavy (non-hydrogen) atoms. The number of fused-ring (bicyclic) bond motifs is 1. The van der Waals surface area contributed by atoms with E-state index in [-0.39, 0.29) is 0 Å². The number of methoxy groups -OCH3 is 3. The molecule has 0 saturated carbocycles. The average Bonchev–Trinajstić information content (AvgIpc) is 3.15. The zero-order chi connectivity index (χ0) is 19.5. The Morgan fingerprint density at radius 2 is 1.71 bits per heavy atom. The minimum atomic E-state index is 0.655. The van der Waals surface area contributed by atoms with Crippen molar-refractivity contribution in [1.82, 2.24) is 14.6 Å². The number of imidazole rings is 1. The second kappa shape index (κ2) is 7.48. The van der Waals surface area contributed by atoms with Crippen molar-refractivity contribution in [3.8, 4) is 28.5 Å². The van der Waals surface area contributed by atoms with Crippen molar-refractivity contribution in [3.05, 3.63) is 60.8 Å². The predicted octanol–water partition coefficient (Wildman–Crippen LogP) is 4.17. The molecule has 0 fully saturated rings. The molecule has 2 heterocycles. The number of nitrogens with zero attached hydrogens (tertiary/aromatic N) is 3. The van der Waals surface area contributed by atoms with Gasteiger partial charge in [-0.05, 0) is 42.5 Å². The normalized spacial score (nSPS) is 10.7. The Hall–Kier alpha value is -3.74. The van der Waals surface area contributed by atoms with Crippen molar-refractivity contribution < 1.29 is 14.2 Å². The maximum absolute atomic E-state index is 5.40. The number of hydrogen-bond acceptors (Lipinski definition) is 6. The molecule has 0 saturated heterocycles. The molecule has 0 atom stereocenters. The van der Waals surface area contributed by atoms with E-state index < -0.39 is 0 Å². The smallest absolute Gasteiger partial charge is 0.161 e. The number of nitrogens with one attached hydrogen (secondary N) is 1. The van der Waals surface area contributed by atoms with Gasteiger partial charge in [0.05, 0.1) is 33.2 Å². The third-order valence-corrected chi connectivity index (χ3v) is 4.38. The zero-order valence-electron chi connectivity index (χ0n) is 15.8. The Bertz CT molecular complexity index is 1120. The first-order valence-corrected chi connectivity index (χ1v) is 8.70. The maximum atomic E-state index is 5.40. The quantitative estimate of drug-likeness (QED) is 0.545. The van der Waals surface area contributed by atoms with E-state index in [9.17, 15) is 0 Å². The Kier molecular flexibility index (Phi) is 4.72. The van der Waals surface area contributed by atoms with Crippen LogP contribution in [0, 0.1) is 0 Å². The Morgan fingerprint density at radius 3 is 2.50 bits per heavy atom. The fourth-order valence-corrected chi connectivity index (χ4v) is 2.96. The van der Waals surface area contributed by atoms with Crippen LogP contribution in [0.5, 0.6) is 17.2 Å². The van der Waals surface area contributed by atoms with Gasteiger partial charge in [-0.2, -0.15) is 9.61 Å². The van der Waals surface area contributed by atoms with Crippen molar-refractivity contribution in [2.45, 2.75) is 0 Å². The van der Waals surface area contributed by atoms with Crippen LogP contribution in [0.4, 0.5) is 11.5 Å². The molecule has 7 nitrogen and oxygen atoms in total. The molecule has 0 bridgehead atoms. The van der Waals surface area contributed by atoms with Crippen LogP contribution in [0.3, 0.4) is 0 Å². The summed E-state index contributed by atoms with van der Waals surface area (Å²) in [6.07, 6.45) is 1.75. The lowest BCUT2D eigenvalue weighted by atomic mass is 10.1. The molecule has 0 spiro atoms. The minimum absolute atomic E-state index is 0.655.